The highest BCUT2D eigenvalue weighted by atomic mass is 16.7. The minimum atomic E-state index is -0.954. The minimum absolute atomic E-state index is 0.135. The van der Waals surface area contributed by atoms with Crippen LogP contribution in [-0.4, -0.2) is 45.2 Å². The van der Waals surface area contributed by atoms with Crippen LogP contribution in [-0.2, 0) is 24.0 Å². The highest BCUT2D eigenvalue weighted by molar-refractivity contribution is 6.16. The van der Waals surface area contributed by atoms with E-state index < -0.39 is 5.60 Å². The van der Waals surface area contributed by atoms with Crippen molar-refractivity contribution >= 4 is 23.6 Å². The van der Waals surface area contributed by atoms with E-state index in [9.17, 15) is 19.2 Å². The first-order chi connectivity index (χ1) is 10.1. The molecule has 4 amide bonds. The van der Waals surface area contributed by atoms with Gasteiger partial charge in [0.25, 0.3) is 23.6 Å². The Morgan fingerprint density at radius 3 is 2.14 bits per heavy atom. The summed E-state index contributed by atoms with van der Waals surface area (Å²) in [6, 6.07) is -0.223. The number of rotatable bonds is 5. The zero-order valence-corrected chi connectivity index (χ0v) is 13.2. The van der Waals surface area contributed by atoms with Gasteiger partial charge in [-0.1, -0.05) is 0 Å². The molecule has 22 heavy (non-hydrogen) atoms. The number of nitrogens with zero attached hydrogens (tertiary/aromatic N) is 2. The zero-order chi connectivity index (χ0) is 16.7. The molecule has 0 unspecified atom stereocenters. The molecule has 0 aliphatic carbocycles. The highest BCUT2D eigenvalue weighted by Crippen LogP contribution is 2.28. The van der Waals surface area contributed by atoms with E-state index >= 15 is 0 Å². The van der Waals surface area contributed by atoms with Gasteiger partial charge in [-0.25, -0.2) is 0 Å². The standard InChI is InChI=1S/C15H20N2O5/c1-9(2)16-13(20)7-10(14(16)21)8-15(3,4)22-17-11(18)5-6-12(17)19/h7,9H,5-6,8H2,1-4H3. The van der Waals surface area contributed by atoms with E-state index in [0.717, 1.165) is 5.06 Å². The fraction of sp³-hybridized carbons (Fsp3) is 0.600. The van der Waals surface area contributed by atoms with E-state index in [0.29, 0.717) is 5.57 Å². The molecule has 1 saturated heterocycles. The number of imide groups is 2. The van der Waals surface area contributed by atoms with Gasteiger partial charge < -0.3 is 0 Å². The quantitative estimate of drug-likeness (QED) is 0.706. The summed E-state index contributed by atoms with van der Waals surface area (Å²) in [6.45, 7) is 6.86. The van der Waals surface area contributed by atoms with E-state index in [-0.39, 0.29) is 48.9 Å². The molecule has 0 N–H and O–H groups in total. The highest BCUT2D eigenvalue weighted by Gasteiger charge is 2.39. The van der Waals surface area contributed by atoms with Crippen LogP contribution in [0.3, 0.4) is 0 Å². The van der Waals surface area contributed by atoms with Gasteiger partial charge in [-0.15, -0.1) is 0 Å². The molecule has 0 aromatic heterocycles. The van der Waals surface area contributed by atoms with Crippen molar-refractivity contribution in [3.8, 4) is 0 Å². The summed E-state index contributed by atoms with van der Waals surface area (Å²) >= 11 is 0. The van der Waals surface area contributed by atoms with Crippen LogP contribution in [0.2, 0.25) is 0 Å². The third kappa shape index (κ3) is 3.09. The van der Waals surface area contributed by atoms with Gasteiger partial charge in [0.15, 0.2) is 0 Å². The zero-order valence-electron chi connectivity index (χ0n) is 13.2. The Labute approximate surface area is 128 Å². The van der Waals surface area contributed by atoms with E-state index in [2.05, 4.69) is 0 Å². The van der Waals surface area contributed by atoms with Gasteiger partial charge in [-0.3, -0.25) is 28.9 Å². The van der Waals surface area contributed by atoms with Gasteiger partial charge in [0.2, 0.25) is 0 Å². The van der Waals surface area contributed by atoms with E-state index in [1.807, 2.05) is 0 Å². The average Bonchev–Trinajstić information content (AvgIpc) is 2.82. The Kier molecular flexibility index (Phi) is 4.19. The van der Waals surface area contributed by atoms with E-state index in [4.69, 9.17) is 4.84 Å². The number of hydrogen-bond acceptors (Lipinski definition) is 5. The first-order valence-corrected chi connectivity index (χ1v) is 7.25. The summed E-state index contributed by atoms with van der Waals surface area (Å²) in [4.78, 5) is 53.9. The van der Waals surface area contributed by atoms with Gasteiger partial charge in [0.1, 0.15) is 0 Å². The van der Waals surface area contributed by atoms with Crippen LogP contribution in [0.15, 0.2) is 11.6 Å². The summed E-state index contributed by atoms with van der Waals surface area (Å²) in [5, 5.41) is 0.766. The molecule has 7 nitrogen and oxygen atoms in total. The number of carbonyl (C=O) groups is 4. The summed E-state index contributed by atoms with van der Waals surface area (Å²) in [5.41, 5.74) is -0.632. The second kappa shape index (κ2) is 5.64. The molecule has 120 valence electrons. The van der Waals surface area contributed by atoms with Crippen LogP contribution in [0.1, 0.15) is 47.0 Å². The largest absolute Gasteiger partial charge is 0.273 e. The van der Waals surface area contributed by atoms with Crippen LogP contribution in [0.5, 0.6) is 0 Å². The topological polar surface area (TPSA) is 84.0 Å². The molecule has 2 rings (SSSR count). The van der Waals surface area contributed by atoms with Crippen molar-refractivity contribution in [1.82, 2.24) is 9.96 Å². The maximum absolute atomic E-state index is 12.2. The van der Waals surface area contributed by atoms with Gasteiger partial charge >= 0.3 is 0 Å². The average molecular weight is 308 g/mol. The molecule has 0 aromatic rings. The first-order valence-electron chi connectivity index (χ1n) is 7.25. The molecular formula is C15H20N2O5. The van der Waals surface area contributed by atoms with Crippen molar-refractivity contribution in [2.45, 2.75) is 58.6 Å². The number of hydrogen-bond donors (Lipinski definition) is 0. The number of hydroxylamine groups is 2. The lowest BCUT2D eigenvalue weighted by Gasteiger charge is -2.29. The van der Waals surface area contributed by atoms with Gasteiger partial charge in [0.05, 0.1) is 5.60 Å². The van der Waals surface area contributed by atoms with Crippen molar-refractivity contribution in [1.29, 1.82) is 0 Å². The molecule has 2 aliphatic rings. The second-order valence-electron chi connectivity index (χ2n) is 6.39. The lowest BCUT2D eigenvalue weighted by atomic mass is 9.98. The first kappa shape index (κ1) is 16.4. The maximum Gasteiger partial charge on any atom is 0.257 e. The predicted octanol–water partition coefficient (Wildman–Crippen LogP) is 0.939. The Morgan fingerprint density at radius 1 is 1.14 bits per heavy atom. The monoisotopic (exact) mass is 308 g/mol. The number of amides is 4. The lowest BCUT2D eigenvalue weighted by Crippen LogP contribution is -2.41. The van der Waals surface area contributed by atoms with Crippen molar-refractivity contribution in [2.24, 2.45) is 0 Å². The second-order valence-corrected chi connectivity index (χ2v) is 6.39. The van der Waals surface area contributed by atoms with Crippen LogP contribution in [0, 0.1) is 0 Å². The van der Waals surface area contributed by atoms with Crippen LogP contribution in [0.25, 0.3) is 0 Å². The molecule has 2 aliphatic heterocycles. The third-order valence-electron chi connectivity index (χ3n) is 3.51. The molecule has 0 atom stereocenters. The van der Waals surface area contributed by atoms with Crippen molar-refractivity contribution in [2.75, 3.05) is 0 Å². The molecule has 1 fully saturated rings. The molecule has 0 saturated carbocycles. The molecule has 0 spiro atoms. The molecule has 0 radical (unpaired) electrons. The van der Waals surface area contributed by atoms with Crippen LogP contribution >= 0.6 is 0 Å². The predicted molar refractivity (Wildman–Crippen MR) is 75.9 cm³/mol. The van der Waals surface area contributed by atoms with E-state index in [1.54, 1.807) is 27.7 Å². The van der Waals surface area contributed by atoms with Gasteiger partial charge in [-0.05, 0) is 27.7 Å². The number of carbonyl (C=O) groups excluding carboxylic acids is 4. The van der Waals surface area contributed by atoms with E-state index in [1.165, 1.54) is 11.0 Å². The SMILES string of the molecule is CC(C)N1C(=O)C=C(CC(C)(C)ON2C(=O)CCC2=O)C1=O. The fourth-order valence-electron chi connectivity index (χ4n) is 2.55. The molecule has 2 heterocycles. The summed E-state index contributed by atoms with van der Waals surface area (Å²) in [6.07, 6.45) is 1.70. The Balaban J connectivity index is 2.08. The van der Waals surface area contributed by atoms with Crippen LogP contribution in [0.4, 0.5) is 0 Å². The maximum atomic E-state index is 12.2. The summed E-state index contributed by atoms with van der Waals surface area (Å²) in [7, 11) is 0. The van der Waals surface area contributed by atoms with Crippen molar-refractivity contribution in [3.63, 3.8) is 0 Å². The molecule has 0 aromatic carbocycles. The van der Waals surface area contributed by atoms with Crippen LogP contribution < -0.4 is 0 Å². The Morgan fingerprint density at radius 2 is 1.68 bits per heavy atom. The van der Waals surface area contributed by atoms with Gasteiger partial charge in [0, 0.05) is 37.0 Å². The smallest absolute Gasteiger partial charge is 0.257 e. The van der Waals surface area contributed by atoms with Gasteiger partial charge in [-0.2, -0.15) is 5.06 Å². The Hall–Kier alpha value is -2.02. The molecule has 7 heteroatoms. The van der Waals surface area contributed by atoms with Crippen molar-refractivity contribution < 1.29 is 24.0 Å². The van der Waals surface area contributed by atoms with Crippen molar-refractivity contribution in [3.05, 3.63) is 11.6 Å². The normalized spacial score (nSPS) is 19.8. The summed E-state index contributed by atoms with van der Waals surface area (Å²) in [5.74, 6) is -1.47. The summed E-state index contributed by atoms with van der Waals surface area (Å²) < 4.78 is 0. The molecular weight excluding hydrogens is 288 g/mol. The Bertz CT molecular complexity index is 560. The lowest BCUT2D eigenvalue weighted by molar-refractivity contribution is -0.222. The third-order valence-corrected chi connectivity index (χ3v) is 3.51. The fourth-order valence-corrected chi connectivity index (χ4v) is 2.55. The minimum Gasteiger partial charge on any atom is -0.273 e. The molecule has 0 bridgehead atoms.